The maximum atomic E-state index is 13.1. The zero-order chi connectivity index (χ0) is 22.0. The molecule has 5 rings (SSSR count). The lowest BCUT2D eigenvalue weighted by Crippen LogP contribution is -2.29. The largest absolute Gasteiger partial charge is 0.508 e. The molecule has 2 heterocycles. The summed E-state index contributed by atoms with van der Waals surface area (Å²) in [5, 5.41) is 9.87. The number of phenolic OH excluding ortho intramolecular Hbond substituents is 1. The monoisotopic (exact) mass is 412 g/mol. The second-order valence-corrected chi connectivity index (χ2v) is 7.66. The van der Waals surface area contributed by atoms with E-state index in [1.54, 1.807) is 49.4 Å². The van der Waals surface area contributed by atoms with E-state index in [2.05, 4.69) is 0 Å². The van der Waals surface area contributed by atoms with Crippen LogP contribution < -0.4 is 4.90 Å². The van der Waals surface area contributed by atoms with Crippen LogP contribution in [0.3, 0.4) is 0 Å². The first-order valence-electron chi connectivity index (χ1n) is 9.56. The highest BCUT2D eigenvalue weighted by Crippen LogP contribution is 2.34. The van der Waals surface area contributed by atoms with Gasteiger partial charge >= 0.3 is 0 Å². The minimum atomic E-state index is -0.487. The van der Waals surface area contributed by atoms with Crippen molar-refractivity contribution in [3.05, 3.63) is 82.4 Å². The maximum Gasteiger partial charge on any atom is 0.266 e. The number of phenols is 1. The quantitative estimate of drug-likeness (QED) is 0.651. The van der Waals surface area contributed by atoms with Crippen molar-refractivity contribution in [3.8, 4) is 16.9 Å². The number of fused-ring (bicyclic) bond motifs is 2. The Hall–Kier alpha value is -4.26. The Morgan fingerprint density at radius 1 is 0.645 bits per heavy atom. The summed E-state index contributed by atoms with van der Waals surface area (Å²) in [4.78, 5) is 52.5. The van der Waals surface area contributed by atoms with Gasteiger partial charge in [-0.1, -0.05) is 12.1 Å². The van der Waals surface area contributed by atoms with Gasteiger partial charge in [-0.05, 0) is 60.0 Å². The fourth-order valence-electron chi connectivity index (χ4n) is 4.07. The lowest BCUT2D eigenvalue weighted by molar-refractivity contribution is 0.0692. The van der Waals surface area contributed by atoms with Gasteiger partial charge in [-0.15, -0.1) is 0 Å². The highest BCUT2D eigenvalue weighted by atomic mass is 16.3. The van der Waals surface area contributed by atoms with E-state index < -0.39 is 11.8 Å². The topological polar surface area (TPSA) is 95.0 Å². The third-order valence-electron chi connectivity index (χ3n) is 5.61. The summed E-state index contributed by atoms with van der Waals surface area (Å²) in [5.74, 6) is -1.71. The standard InChI is InChI=1S/C24H16N2O5/c1-12-7-15(11-16(27)8-12)26-23(30)18-6-4-14(10-20(18)24(26)31)13-3-5-17-19(9-13)22(29)25(2)21(17)28/h3-11,27H,1-2H3. The van der Waals surface area contributed by atoms with E-state index in [1.807, 2.05) is 0 Å². The van der Waals surface area contributed by atoms with Crippen LogP contribution in [0, 0.1) is 6.92 Å². The predicted octanol–water partition coefficient (Wildman–Crippen LogP) is 3.39. The van der Waals surface area contributed by atoms with Crippen molar-refractivity contribution >= 4 is 29.3 Å². The molecule has 0 aromatic heterocycles. The molecule has 0 radical (unpaired) electrons. The van der Waals surface area contributed by atoms with E-state index in [9.17, 15) is 24.3 Å². The Bertz CT molecular complexity index is 1340. The molecule has 2 aliphatic rings. The molecule has 1 N–H and O–H groups in total. The van der Waals surface area contributed by atoms with E-state index in [4.69, 9.17) is 0 Å². The van der Waals surface area contributed by atoms with Crippen LogP contribution in [0.1, 0.15) is 47.0 Å². The van der Waals surface area contributed by atoms with Crippen molar-refractivity contribution in [2.45, 2.75) is 6.92 Å². The smallest absolute Gasteiger partial charge is 0.266 e. The number of hydrogen-bond acceptors (Lipinski definition) is 5. The zero-order valence-electron chi connectivity index (χ0n) is 16.7. The number of imide groups is 2. The summed E-state index contributed by atoms with van der Waals surface area (Å²) >= 11 is 0. The number of aryl methyl sites for hydroxylation is 1. The Balaban J connectivity index is 1.56. The number of carbonyl (C=O) groups is 4. The number of benzene rings is 3. The van der Waals surface area contributed by atoms with Crippen LogP contribution in [0.2, 0.25) is 0 Å². The Morgan fingerprint density at radius 3 is 1.77 bits per heavy atom. The average molecular weight is 412 g/mol. The van der Waals surface area contributed by atoms with Gasteiger partial charge in [-0.2, -0.15) is 0 Å². The van der Waals surface area contributed by atoms with Crippen LogP contribution in [0.4, 0.5) is 5.69 Å². The van der Waals surface area contributed by atoms with E-state index >= 15 is 0 Å². The van der Waals surface area contributed by atoms with Gasteiger partial charge in [0.25, 0.3) is 23.6 Å². The molecule has 7 nitrogen and oxygen atoms in total. The maximum absolute atomic E-state index is 13.1. The van der Waals surface area contributed by atoms with E-state index in [0.717, 1.165) is 15.4 Å². The lowest BCUT2D eigenvalue weighted by Gasteiger charge is -2.14. The van der Waals surface area contributed by atoms with Crippen molar-refractivity contribution in [1.29, 1.82) is 0 Å². The number of nitrogens with zero attached hydrogens (tertiary/aromatic N) is 2. The Kier molecular flexibility index (Phi) is 3.85. The molecule has 3 aromatic rings. The molecule has 152 valence electrons. The van der Waals surface area contributed by atoms with Gasteiger partial charge in [-0.3, -0.25) is 24.1 Å². The molecule has 0 spiro atoms. The van der Waals surface area contributed by atoms with Gasteiger partial charge in [0.2, 0.25) is 0 Å². The molecule has 0 atom stereocenters. The molecule has 0 aliphatic carbocycles. The van der Waals surface area contributed by atoms with Crippen molar-refractivity contribution in [2.24, 2.45) is 0 Å². The summed E-state index contributed by atoms with van der Waals surface area (Å²) in [6.45, 7) is 1.76. The highest BCUT2D eigenvalue weighted by Gasteiger charge is 2.37. The second kappa shape index (κ2) is 6.37. The van der Waals surface area contributed by atoms with E-state index in [0.29, 0.717) is 27.9 Å². The Labute approximate surface area is 177 Å². The molecule has 7 heteroatoms. The number of rotatable bonds is 2. The van der Waals surface area contributed by atoms with Gasteiger partial charge in [0.05, 0.1) is 27.9 Å². The highest BCUT2D eigenvalue weighted by molar-refractivity contribution is 6.34. The first kappa shape index (κ1) is 18.7. The molecule has 4 amide bonds. The number of anilines is 1. The van der Waals surface area contributed by atoms with E-state index in [-0.39, 0.29) is 28.7 Å². The SMILES string of the molecule is Cc1cc(O)cc(N2C(=O)c3ccc(-c4ccc5c(c4)C(=O)N(C)C5=O)cc3C2=O)c1. The van der Waals surface area contributed by atoms with Crippen molar-refractivity contribution in [3.63, 3.8) is 0 Å². The summed E-state index contributed by atoms with van der Waals surface area (Å²) in [5.41, 5.74) is 3.48. The van der Waals surface area contributed by atoms with Crippen molar-refractivity contribution in [1.82, 2.24) is 4.90 Å². The summed E-state index contributed by atoms with van der Waals surface area (Å²) in [6.07, 6.45) is 0. The normalized spacial score (nSPS) is 15.0. The molecule has 0 bridgehead atoms. The minimum Gasteiger partial charge on any atom is -0.508 e. The molecule has 0 saturated heterocycles. The van der Waals surface area contributed by atoms with Crippen LogP contribution in [-0.2, 0) is 0 Å². The summed E-state index contributed by atoms with van der Waals surface area (Å²) in [6, 6.07) is 14.4. The first-order chi connectivity index (χ1) is 14.8. The molecule has 31 heavy (non-hydrogen) atoms. The minimum absolute atomic E-state index is 0.0328. The van der Waals surface area contributed by atoms with Gasteiger partial charge in [0.1, 0.15) is 5.75 Å². The number of hydrogen-bond donors (Lipinski definition) is 1. The van der Waals surface area contributed by atoms with Crippen LogP contribution in [-0.4, -0.2) is 40.7 Å². The molecule has 0 fully saturated rings. The summed E-state index contributed by atoms with van der Waals surface area (Å²) in [7, 11) is 1.43. The fourth-order valence-corrected chi connectivity index (χ4v) is 4.07. The number of amides is 4. The lowest BCUT2D eigenvalue weighted by atomic mass is 9.97. The fraction of sp³-hybridized carbons (Fsp3) is 0.0833. The second-order valence-electron chi connectivity index (χ2n) is 7.66. The Morgan fingerprint density at radius 2 is 1.16 bits per heavy atom. The number of aromatic hydroxyl groups is 1. The van der Waals surface area contributed by atoms with E-state index in [1.165, 1.54) is 19.2 Å². The van der Waals surface area contributed by atoms with Crippen LogP contribution in [0.25, 0.3) is 11.1 Å². The molecular weight excluding hydrogens is 396 g/mol. The van der Waals surface area contributed by atoms with Crippen LogP contribution in [0.15, 0.2) is 54.6 Å². The zero-order valence-corrected chi connectivity index (χ0v) is 16.7. The van der Waals surface area contributed by atoms with Gasteiger partial charge < -0.3 is 5.11 Å². The molecule has 0 unspecified atom stereocenters. The third-order valence-corrected chi connectivity index (χ3v) is 5.61. The van der Waals surface area contributed by atoms with Crippen molar-refractivity contribution < 1.29 is 24.3 Å². The average Bonchev–Trinajstić information content (AvgIpc) is 3.12. The van der Waals surface area contributed by atoms with Crippen LogP contribution >= 0.6 is 0 Å². The van der Waals surface area contributed by atoms with Gasteiger partial charge in [0.15, 0.2) is 0 Å². The summed E-state index contributed by atoms with van der Waals surface area (Å²) < 4.78 is 0. The first-order valence-corrected chi connectivity index (χ1v) is 9.56. The third kappa shape index (κ3) is 2.67. The van der Waals surface area contributed by atoms with Gasteiger partial charge in [-0.25, -0.2) is 4.90 Å². The number of carbonyl (C=O) groups excluding carboxylic acids is 4. The van der Waals surface area contributed by atoms with Gasteiger partial charge in [0, 0.05) is 13.1 Å². The molecule has 3 aromatic carbocycles. The van der Waals surface area contributed by atoms with Crippen LogP contribution in [0.5, 0.6) is 5.75 Å². The van der Waals surface area contributed by atoms with Crippen molar-refractivity contribution in [2.75, 3.05) is 11.9 Å². The molecule has 0 saturated carbocycles. The predicted molar refractivity (Wildman–Crippen MR) is 112 cm³/mol. The molecule has 2 aliphatic heterocycles. The molecular formula is C24H16N2O5.